The van der Waals surface area contributed by atoms with Crippen molar-refractivity contribution >= 4 is 33.2 Å². The lowest BCUT2D eigenvalue weighted by Crippen LogP contribution is -2.08. The van der Waals surface area contributed by atoms with E-state index in [4.69, 9.17) is 9.47 Å². The highest BCUT2D eigenvalue weighted by molar-refractivity contribution is 7.17. The molecule has 168 valence electrons. The highest BCUT2D eigenvalue weighted by Gasteiger charge is 2.26. The number of anilines is 1. The van der Waals surface area contributed by atoms with Crippen molar-refractivity contribution < 1.29 is 18.7 Å². The Hall–Kier alpha value is -3.52. The summed E-state index contributed by atoms with van der Waals surface area (Å²) in [7, 11) is 1.35. The van der Waals surface area contributed by atoms with Crippen LogP contribution in [0.25, 0.3) is 21.3 Å². The van der Waals surface area contributed by atoms with Gasteiger partial charge in [0.15, 0.2) is 0 Å². The summed E-state index contributed by atoms with van der Waals surface area (Å²) in [5, 5.41) is 6.11. The smallest absolute Gasteiger partial charge is 0.341 e. The summed E-state index contributed by atoms with van der Waals surface area (Å²) in [6, 6.07) is 12.7. The maximum atomic E-state index is 14.2. The number of methoxy groups -OCH3 is 1. The van der Waals surface area contributed by atoms with Gasteiger partial charge in [0, 0.05) is 18.2 Å². The number of fused-ring (bicyclic) bond motifs is 1. The van der Waals surface area contributed by atoms with Crippen LogP contribution >= 0.6 is 11.3 Å². The molecule has 0 atom stereocenters. The van der Waals surface area contributed by atoms with E-state index in [-0.39, 0.29) is 11.9 Å². The molecule has 1 fully saturated rings. The van der Waals surface area contributed by atoms with E-state index in [0.29, 0.717) is 40.5 Å². The average molecular weight is 464 g/mol. The Balaban J connectivity index is 1.30. The van der Waals surface area contributed by atoms with E-state index in [1.54, 1.807) is 12.1 Å². The molecule has 0 spiro atoms. The van der Waals surface area contributed by atoms with E-state index in [2.05, 4.69) is 15.3 Å². The fourth-order valence-electron chi connectivity index (χ4n) is 3.61. The van der Waals surface area contributed by atoms with Crippen molar-refractivity contribution in [2.24, 2.45) is 0 Å². The Labute approximate surface area is 194 Å². The van der Waals surface area contributed by atoms with Gasteiger partial charge in [0.25, 0.3) is 0 Å². The van der Waals surface area contributed by atoms with Gasteiger partial charge in [-0.25, -0.2) is 19.2 Å². The quantitative estimate of drug-likeness (QED) is 0.349. The second-order valence-electron chi connectivity index (χ2n) is 7.90. The van der Waals surface area contributed by atoms with Gasteiger partial charge >= 0.3 is 5.97 Å². The molecule has 8 heteroatoms. The number of nitrogens with zero attached hydrogens (tertiary/aromatic N) is 2. The van der Waals surface area contributed by atoms with Crippen LogP contribution in [-0.4, -0.2) is 35.7 Å². The molecule has 1 saturated carbocycles. The SMILES string of the molecule is COC(=O)c1ccc(-c2cc(NCCc3cc(F)c4sccc4c3)ncn2)cc1OC1CC1. The van der Waals surface area contributed by atoms with Gasteiger partial charge in [0.05, 0.1) is 23.6 Å². The van der Waals surface area contributed by atoms with Crippen LogP contribution in [0.2, 0.25) is 0 Å². The summed E-state index contributed by atoms with van der Waals surface area (Å²) in [6.07, 6.45) is 4.26. The molecular weight excluding hydrogens is 441 g/mol. The Morgan fingerprint density at radius 2 is 2.06 bits per heavy atom. The van der Waals surface area contributed by atoms with E-state index in [1.807, 2.05) is 35.7 Å². The molecule has 33 heavy (non-hydrogen) atoms. The number of carbonyl (C=O) groups excluding carboxylic acids is 1. The van der Waals surface area contributed by atoms with E-state index in [0.717, 1.165) is 29.4 Å². The average Bonchev–Trinajstić information content (AvgIpc) is 3.51. The van der Waals surface area contributed by atoms with Crippen molar-refractivity contribution in [1.82, 2.24) is 9.97 Å². The van der Waals surface area contributed by atoms with E-state index in [9.17, 15) is 9.18 Å². The first-order valence-corrected chi connectivity index (χ1v) is 11.6. The molecule has 6 nitrogen and oxygen atoms in total. The monoisotopic (exact) mass is 463 g/mol. The summed E-state index contributed by atoms with van der Waals surface area (Å²) in [4.78, 5) is 20.8. The van der Waals surface area contributed by atoms with E-state index in [1.165, 1.54) is 24.8 Å². The lowest BCUT2D eigenvalue weighted by molar-refractivity contribution is 0.0595. The zero-order valence-corrected chi connectivity index (χ0v) is 18.8. The van der Waals surface area contributed by atoms with Crippen LogP contribution in [-0.2, 0) is 11.2 Å². The summed E-state index contributed by atoms with van der Waals surface area (Å²) in [5.41, 5.74) is 2.85. The second-order valence-corrected chi connectivity index (χ2v) is 8.82. The van der Waals surface area contributed by atoms with Gasteiger partial charge in [-0.15, -0.1) is 11.3 Å². The fraction of sp³-hybridized carbons (Fsp3) is 0.240. The molecule has 0 bridgehead atoms. The molecule has 2 aromatic heterocycles. The molecule has 0 saturated heterocycles. The maximum absolute atomic E-state index is 14.2. The van der Waals surface area contributed by atoms with Crippen molar-refractivity contribution in [1.29, 1.82) is 0 Å². The molecule has 5 rings (SSSR count). The van der Waals surface area contributed by atoms with Gasteiger partial charge in [-0.05, 0) is 59.9 Å². The first-order valence-electron chi connectivity index (χ1n) is 10.7. The standard InChI is InChI=1S/C25H22FN3O3S/c1-31-25(30)19-5-2-16(12-22(19)32-18-3-4-18)21-13-23(29-14-28-21)27-8-6-15-10-17-7-9-33-24(17)20(26)11-15/h2,5,7,9-14,18H,3-4,6,8H2,1H3,(H,27,28,29). The summed E-state index contributed by atoms with van der Waals surface area (Å²) >= 11 is 1.41. The molecular formula is C25H22FN3O3S. The molecule has 0 amide bonds. The van der Waals surface area contributed by atoms with Crippen molar-refractivity contribution in [3.05, 3.63) is 71.1 Å². The number of halogens is 1. The van der Waals surface area contributed by atoms with E-state index < -0.39 is 5.97 Å². The van der Waals surface area contributed by atoms with Gasteiger partial charge in [0.2, 0.25) is 0 Å². The number of esters is 1. The number of nitrogens with one attached hydrogen (secondary N) is 1. The molecule has 0 aliphatic heterocycles. The second kappa shape index (κ2) is 9.15. The van der Waals surface area contributed by atoms with Crippen LogP contribution in [0, 0.1) is 5.82 Å². The van der Waals surface area contributed by atoms with Gasteiger partial charge in [-0.1, -0.05) is 12.1 Å². The number of carbonyl (C=O) groups is 1. The summed E-state index contributed by atoms with van der Waals surface area (Å²) in [6.45, 7) is 0.600. The highest BCUT2D eigenvalue weighted by Crippen LogP contribution is 2.33. The predicted octanol–water partition coefficient (Wildman–Crippen LogP) is 5.48. The minimum Gasteiger partial charge on any atom is -0.490 e. The number of aromatic nitrogens is 2. The molecule has 2 heterocycles. The zero-order chi connectivity index (χ0) is 22.8. The van der Waals surface area contributed by atoms with Crippen LogP contribution in [0.5, 0.6) is 5.75 Å². The summed E-state index contributed by atoms with van der Waals surface area (Å²) < 4.78 is 25.7. The van der Waals surface area contributed by atoms with Gasteiger partial charge in [0.1, 0.15) is 29.3 Å². The fourth-order valence-corrected chi connectivity index (χ4v) is 4.40. The first-order chi connectivity index (χ1) is 16.1. The number of hydrogen-bond donors (Lipinski definition) is 1. The van der Waals surface area contributed by atoms with Crippen LogP contribution in [0.4, 0.5) is 10.2 Å². The first kappa shape index (κ1) is 21.3. The number of thiophene rings is 1. The number of benzene rings is 2. The van der Waals surface area contributed by atoms with Gasteiger partial charge in [-0.3, -0.25) is 0 Å². The lowest BCUT2D eigenvalue weighted by atomic mass is 10.1. The molecule has 1 aliphatic rings. The molecule has 1 aliphatic carbocycles. The molecule has 1 N–H and O–H groups in total. The molecule has 0 unspecified atom stereocenters. The minimum absolute atomic E-state index is 0.143. The highest BCUT2D eigenvalue weighted by atomic mass is 32.1. The van der Waals surface area contributed by atoms with Crippen LogP contribution in [0.15, 0.2) is 54.2 Å². The Morgan fingerprint density at radius 1 is 1.18 bits per heavy atom. The Morgan fingerprint density at radius 3 is 2.88 bits per heavy atom. The zero-order valence-electron chi connectivity index (χ0n) is 18.0. The van der Waals surface area contributed by atoms with Crippen LogP contribution in [0.3, 0.4) is 0 Å². The topological polar surface area (TPSA) is 73.3 Å². The van der Waals surface area contributed by atoms with Crippen molar-refractivity contribution in [3.8, 4) is 17.0 Å². The number of rotatable bonds is 8. The van der Waals surface area contributed by atoms with Crippen LogP contribution < -0.4 is 10.1 Å². The maximum Gasteiger partial charge on any atom is 0.341 e. The number of hydrogen-bond acceptors (Lipinski definition) is 7. The Kier molecular flexibility index (Phi) is 5.92. The third-order valence-corrected chi connectivity index (χ3v) is 6.39. The molecule has 2 aromatic carbocycles. The van der Waals surface area contributed by atoms with Crippen molar-refractivity contribution in [2.45, 2.75) is 25.4 Å². The molecule has 4 aromatic rings. The molecule has 0 radical (unpaired) electrons. The van der Waals surface area contributed by atoms with Crippen molar-refractivity contribution in [2.75, 3.05) is 19.0 Å². The largest absolute Gasteiger partial charge is 0.490 e. The van der Waals surface area contributed by atoms with E-state index >= 15 is 0 Å². The predicted molar refractivity (Wildman–Crippen MR) is 126 cm³/mol. The number of ether oxygens (including phenoxy) is 2. The van der Waals surface area contributed by atoms with Crippen molar-refractivity contribution in [3.63, 3.8) is 0 Å². The van der Waals surface area contributed by atoms with Gasteiger partial charge < -0.3 is 14.8 Å². The normalized spacial score (nSPS) is 13.2. The Bertz CT molecular complexity index is 1320. The third kappa shape index (κ3) is 4.80. The third-order valence-electron chi connectivity index (χ3n) is 5.45. The van der Waals surface area contributed by atoms with Gasteiger partial charge in [-0.2, -0.15) is 0 Å². The lowest BCUT2D eigenvalue weighted by Gasteiger charge is -2.12. The van der Waals surface area contributed by atoms with Crippen LogP contribution in [0.1, 0.15) is 28.8 Å². The minimum atomic E-state index is -0.431. The summed E-state index contributed by atoms with van der Waals surface area (Å²) in [5.74, 6) is 0.556.